The largest absolute Gasteiger partial charge is 0.451 e. The van der Waals surface area contributed by atoms with Crippen molar-refractivity contribution in [1.29, 1.82) is 0 Å². The van der Waals surface area contributed by atoms with Crippen LogP contribution in [0.15, 0.2) is 28.2 Å². The highest BCUT2D eigenvalue weighted by molar-refractivity contribution is 8.00. The van der Waals surface area contributed by atoms with Gasteiger partial charge < -0.3 is 19.9 Å². The van der Waals surface area contributed by atoms with E-state index in [9.17, 15) is 22.8 Å². The lowest BCUT2D eigenvalue weighted by Gasteiger charge is -2.12. The van der Waals surface area contributed by atoms with E-state index in [1.54, 1.807) is 25.1 Å². The van der Waals surface area contributed by atoms with Gasteiger partial charge in [0.05, 0.1) is 16.3 Å². The van der Waals surface area contributed by atoms with Gasteiger partial charge in [-0.2, -0.15) is 13.2 Å². The molecule has 0 radical (unpaired) electrons. The maximum atomic E-state index is 12.7. The van der Waals surface area contributed by atoms with Crippen molar-refractivity contribution in [2.45, 2.75) is 23.5 Å². The second-order valence-electron chi connectivity index (χ2n) is 5.45. The van der Waals surface area contributed by atoms with Crippen LogP contribution in [0.4, 0.5) is 18.9 Å². The molecule has 0 spiro atoms. The highest BCUT2D eigenvalue weighted by atomic mass is 32.2. The molecule has 26 heavy (non-hydrogen) atoms. The van der Waals surface area contributed by atoms with Gasteiger partial charge >= 0.3 is 11.9 Å². The van der Waals surface area contributed by atoms with E-state index in [4.69, 9.17) is 0 Å². The Hall–Kier alpha value is -2.76. The van der Waals surface area contributed by atoms with Gasteiger partial charge in [0.15, 0.2) is 5.16 Å². The van der Waals surface area contributed by atoms with Gasteiger partial charge in [0.1, 0.15) is 0 Å². The molecule has 3 aromatic rings. The molecule has 0 unspecified atom stereocenters. The van der Waals surface area contributed by atoms with Gasteiger partial charge in [-0.3, -0.25) is 4.79 Å². The zero-order valence-electron chi connectivity index (χ0n) is 13.5. The number of alkyl halides is 3. The van der Waals surface area contributed by atoms with Gasteiger partial charge in [-0.25, -0.2) is 4.79 Å². The van der Waals surface area contributed by atoms with Gasteiger partial charge in [0.2, 0.25) is 11.7 Å². The molecule has 8 nitrogen and oxygen atoms in total. The Kier molecular flexibility index (Phi) is 4.52. The summed E-state index contributed by atoms with van der Waals surface area (Å²) < 4.78 is 39.0. The van der Waals surface area contributed by atoms with E-state index in [1.165, 1.54) is 7.05 Å². The van der Waals surface area contributed by atoms with Crippen LogP contribution in [0.2, 0.25) is 0 Å². The Labute approximate surface area is 148 Å². The fraction of sp³-hybridized carbons (Fsp3) is 0.286. The molecule has 1 aromatic carbocycles. The third kappa shape index (κ3) is 3.59. The van der Waals surface area contributed by atoms with Crippen molar-refractivity contribution in [2.75, 3.05) is 5.32 Å². The molecule has 0 aliphatic rings. The van der Waals surface area contributed by atoms with Crippen LogP contribution >= 0.6 is 11.8 Å². The molecular formula is C14H13F3N6O2S. The lowest BCUT2D eigenvalue weighted by Crippen LogP contribution is -2.23. The normalized spacial score (nSPS) is 13.1. The van der Waals surface area contributed by atoms with Crippen LogP contribution in [0.25, 0.3) is 11.0 Å². The summed E-state index contributed by atoms with van der Waals surface area (Å²) in [7, 11) is 1.19. The molecule has 0 saturated heterocycles. The first-order valence-electron chi connectivity index (χ1n) is 7.31. The zero-order valence-corrected chi connectivity index (χ0v) is 14.3. The van der Waals surface area contributed by atoms with Crippen molar-refractivity contribution in [3.05, 3.63) is 34.5 Å². The van der Waals surface area contributed by atoms with Crippen molar-refractivity contribution in [1.82, 2.24) is 24.7 Å². The molecule has 2 aromatic heterocycles. The van der Waals surface area contributed by atoms with Crippen molar-refractivity contribution in [3.63, 3.8) is 0 Å². The SMILES string of the molecule is C[C@@H](Sc1nnc(C(F)(F)F)n1C)C(=O)Nc1ccc2[nH]c(=O)[nH]c2c1. The first-order valence-corrected chi connectivity index (χ1v) is 8.19. The maximum absolute atomic E-state index is 12.7. The van der Waals surface area contributed by atoms with Crippen LogP contribution in [0.3, 0.4) is 0 Å². The van der Waals surface area contributed by atoms with E-state index < -0.39 is 23.2 Å². The average molecular weight is 386 g/mol. The lowest BCUT2D eigenvalue weighted by atomic mass is 10.2. The molecule has 0 aliphatic carbocycles. The fourth-order valence-corrected chi connectivity index (χ4v) is 3.04. The number of nitrogens with zero attached hydrogens (tertiary/aromatic N) is 3. The van der Waals surface area contributed by atoms with E-state index in [0.717, 1.165) is 16.3 Å². The van der Waals surface area contributed by atoms with Crippen LogP contribution in [0, 0.1) is 0 Å². The van der Waals surface area contributed by atoms with E-state index in [0.29, 0.717) is 16.7 Å². The van der Waals surface area contributed by atoms with E-state index in [-0.39, 0.29) is 10.8 Å². The third-order valence-electron chi connectivity index (χ3n) is 3.52. The van der Waals surface area contributed by atoms with Crippen LogP contribution < -0.4 is 11.0 Å². The topological polar surface area (TPSA) is 108 Å². The van der Waals surface area contributed by atoms with Crippen molar-refractivity contribution < 1.29 is 18.0 Å². The molecule has 2 heterocycles. The number of benzene rings is 1. The number of hydrogen-bond donors (Lipinski definition) is 3. The summed E-state index contributed by atoms with van der Waals surface area (Å²) in [5.74, 6) is -1.56. The molecule has 3 N–H and O–H groups in total. The number of halogens is 3. The number of rotatable bonds is 4. The average Bonchev–Trinajstić information content (AvgIpc) is 3.08. The summed E-state index contributed by atoms with van der Waals surface area (Å²) in [5.41, 5.74) is 1.19. The Morgan fingerprint density at radius 2 is 1.96 bits per heavy atom. The summed E-state index contributed by atoms with van der Waals surface area (Å²) in [4.78, 5) is 28.7. The van der Waals surface area contributed by atoms with Crippen molar-refractivity contribution in [3.8, 4) is 0 Å². The summed E-state index contributed by atoms with van der Waals surface area (Å²) in [6, 6.07) is 4.80. The van der Waals surface area contributed by atoms with E-state index >= 15 is 0 Å². The fourth-order valence-electron chi connectivity index (χ4n) is 2.23. The minimum Gasteiger partial charge on any atom is -0.325 e. The van der Waals surface area contributed by atoms with Gasteiger partial charge in [-0.05, 0) is 25.1 Å². The number of aromatic nitrogens is 5. The second-order valence-corrected chi connectivity index (χ2v) is 6.76. The first kappa shape index (κ1) is 18.0. The second kappa shape index (κ2) is 6.52. The Balaban J connectivity index is 1.71. The number of carbonyl (C=O) groups is 1. The molecule has 138 valence electrons. The number of imidazole rings is 1. The number of anilines is 1. The van der Waals surface area contributed by atoms with Crippen LogP contribution in [-0.4, -0.2) is 35.9 Å². The number of fused-ring (bicyclic) bond motifs is 1. The molecule has 3 rings (SSSR count). The van der Waals surface area contributed by atoms with Crippen molar-refractivity contribution in [2.24, 2.45) is 7.05 Å². The van der Waals surface area contributed by atoms with E-state index in [2.05, 4.69) is 25.5 Å². The van der Waals surface area contributed by atoms with Gasteiger partial charge in [0.25, 0.3) is 0 Å². The molecule has 1 atom stereocenters. The van der Waals surface area contributed by atoms with Crippen LogP contribution in [0.1, 0.15) is 12.7 Å². The van der Waals surface area contributed by atoms with Crippen LogP contribution in [-0.2, 0) is 18.0 Å². The van der Waals surface area contributed by atoms with Crippen LogP contribution in [0.5, 0.6) is 0 Å². The Bertz CT molecular complexity index is 1020. The number of hydrogen-bond acceptors (Lipinski definition) is 5. The molecule has 0 saturated carbocycles. The predicted molar refractivity (Wildman–Crippen MR) is 88.9 cm³/mol. The molecule has 0 fully saturated rings. The monoisotopic (exact) mass is 386 g/mol. The highest BCUT2D eigenvalue weighted by Crippen LogP contribution is 2.31. The predicted octanol–water partition coefficient (Wildman–Crippen LogP) is 2.12. The van der Waals surface area contributed by atoms with E-state index in [1.807, 2.05) is 0 Å². The number of aromatic amines is 2. The summed E-state index contributed by atoms with van der Waals surface area (Å²) in [6.45, 7) is 1.54. The minimum atomic E-state index is -4.62. The summed E-state index contributed by atoms with van der Waals surface area (Å²) in [6.07, 6.45) is -4.62. The molecule has 1 amide bonds. The molecule has 0 bridgehead atoms. The maximum Gasteiger partial charge on any atom is 0.451 e. The van der Waals surface area contributed by atoms with Gasteiger partial charge in [-0.1, -0.05) is 11.8 Å². The Morgan fingerprint density at radius 1 is 1.27 bits per heavy atom. The lowest BCUT2D eigenvalue weighted by molar-refractivity contribution is -0.147. The quantitative estimate of drug-likeness (QED) is 0.595. The highest BCUT2D eigenvalue weighted by Gasteiger charge is 2.37. The molecule has 12 heteroatoms. The molecule has 0 aliphatic heterocycles. The standard InChI is InChI=1S/C14H13F3N6O2S/c1-6(26-13-22-21-11(23(13)2)14(15,16)17)10(24)18-7-3-4-8-9(5-7)20-12(25)19-8/h3-6H,1-2H3,(H,18,24)(H2,19,20,25)/t6-/m1/s1. The number of H-pyrrole nitrogens is 2. The number of nitrogens with one attached hydrogen (secondary N) is 3. The first-order chi connectivity index (χ1) is 12.1. The van der Waals surface area contributed by atoms with Gasteiger partial charge in [0, 0.05) is 12.7 Å². The molecular weight excluding hydrogens is 373 g/mol. The smallest absolute Gasteiger partial charge is 0.325 e. The number of amides is 1. The minimum absolute atomic E-state index is 0.0228. The number of thioether (sulfide) groups is 1. The summed E-state index contributed by atoms with van der Waals surface area (Å²) in [5, 5.41) is 8.50. The number of carbonyl (C=O) groups excluding carboxylic acids is 1. The Morgan fingerprint density at radius 3 is 2.62 bits per heavy atom. The zero-order chi connectivity index (χ0) is 19.1. The summed E-state index contributed by atoms with van der Waals surface area (Å²) >= 11 is 0.856. The third-order valence-corrected chi connectivity index (χ3v) is 4.66. The van der Waals surface area contributed by atoms with Crippen molar-refractivity contribution >= 4 is 34.4 Å². The van der Waals surface area contributed by atoms with Gasteiger partial charge in [-0.15, -0.1) is 10.2 Å².